The van der Waals surface area contributed by atoms with Gasteiger partial charge in [-0.05, 0) is 36.1 Å². The topological polar surface area (TPSA) is 86.7 Å². The standard InChI is InChI=1S/C16H18N2O4/c1-15(2)11-8-16(15,3)14(22)18(13(11)21)17-12(20)9-4-6-10(19)7-5-9/h4-7,11,19H,8H2,1-3H3,(H,17,20)/t11-,16+/m0/s1. The fraction of sp³-hybridized carbons (Fsp3) is 0.438. The van der Waals surface area contributed by atoms with Crippen LogP contribution in [0.1, 0.15) is 37.6 Å². The summed E-state index contributed by atoms with van der Waals surface area (Å²) in [4.78, 5) is 37.1. The van der Waals surface area contributed by atoms with Crippen LogP contribution in [0.15, 0.2) is 24.3 Å². The number of aromatic hydroxyl groups is 1. The Bertz CT molecular complexity index is 680. The Morgan fingerprint density at radius 2 is 1.82 bits per heavy atom. The minimum absolute atomic E-state index is 0.0391. The third-order valence-electron chi connectivity index (χ3n) is 5.44. The van der Waals surface area contributed by atoms with E-state index < -0.39 is 11.3 Å². The Hall–Kier alpha value is -2.37. The highest BCUT2D eigenvalue weighted by molar-refractivity contribution is 6.08. The smallest absolute Gasteiger partial charge is 0.270 e. The fourth-order valence-corrected chi connectivity index (χ4v) is 3.33. The van der Waals surface area contributed by atoms with Crippen molar-refractivity contribution in [3.63, 3.8) is 0 Å². The maximum atomic E-state index is 12.6. The summed E-state index contributed by atoms with van der Waals surface area (Å²) < 4.78 is 0. The number of amides is 3. The van der Waals surface area contributed by atoms with Crippen molar-refractivity contribution in [1.29, 1.82) is 0 Å². The Morgan fingerprint density at radius 1 is 1.23 bits per heavy atom. The molecule has 3 fully saturated rings. The number of piperidine rings is 2. The van der Waals surface area contributed by atoms with Crippen molar-refractivity contribution in [3.8, 4) is 5.75 Å². The van der Waals surface area contributed by atoms with E-state index in [4.69, 9.17) is 0 Å². The molecule has 6 heteroatoms. The third kappa shape index (κ3) is 1.70. The summed E-state index contributed by atoms with van der Waals surface area (Å²) in [6.45, 7) is 5.66. The SMILES string of the molecule is CC1(C)[C@H]2C[C@]1(C)C(=O)N(NC(=O)c1ccc(O)cc1)C2=O. The molecule has 1 aromatic rings. The van der Waals surface area contributed by atoms with Crippen molar-refractivity contribution in [1.82, 2.24) is 10.4 Å². The van der Waals surface area contributed by atoms with Crippen molar-refractivity contribution in [2.75, 3.05) is 0 Å². The molecule has 1 saturated carbocycles. The zero-order valence-electron chi connectivity index (χ0n) is 12.7. The van der Waals surface area contributed by atoms with Gasteiger partial charge in [0, 0.05) is 11.5 Å². The van der Waals surface area contributed by atoms with E-state index >= 15 is 0 Å². The molecule has 3 aliphatic rings. The van der Waals surface area contributed by atoms with Gasteiger partial charge in [-0.1, -0.05) is 20.8 Å². The van der Waals surface area contributed by atoms with Crippen molar-refractivity contribution in [2.24, 2.45) is 16.7 Å². The predicted octanol–water partition coefficient (Wildman–Crippen LogP) is 1.46. The molecule has 2 heterocycles. The first kappa shape index (κ1) is 14.6. The van der Waals surface area contributed by atoms with Crippen molar-refractivity contribution in [2.45, 2.75) is 27.2 Å². The van der Waals surface area contributed by atoms with E-state index in [1.165, 1.54) is 24.3 Å². The normalized spacial score (nSPS) is 29.0. The average molecular weight is 302 g/mol. The van der Waals surface area contributed by atoms with E-state index in [1.807, 2.05) is 20.8 Å². The minimum Gasteiger partial charge on any atom is -0.508 e. The minimum atomic E-state index is -0.631. The highest BCUT2D eigenvalue weighted by Gasteiger charge is 2.70. The molecule has 4 rings (SSSR count). The number of rotatable bonds is 2. The summed E-state index contributed by atoms with van der Waals surface area (Å²) >= 11 is 0. The van der Waals surface area contributed by atoms with Crippen LogP contribution in [0.2, 0.25) is 0 Å². The van der Waals surface area contributed by atoms with Gasteiger partial charge in [-0.15, -0.1) is 0 Å². The van der Waals surface area contributed by atoms with Crippen LogP contribution in [0.3, 0.4) is 0 Å². The molecule has 0 radical (unpaired) electrons. The number of phenolic OH excluding ortho intramolecular Hbond substituents is 1. The van der Waals surface area contributed by atoms with Gasteiger partial charge in [0.05, 0.1) is 5.41 Å². The van der Waals surface area contributed by atoms with Crippen LogP contribution in [0.25, 0.3) is 0 Å². The van der Waals surface area contributed by atoms with Gasteiger partial charge in [0.1, 0.15) is 5.75 Å². The first-order valence-corrected chi connectivity index (χ1v) is 7.17. The number of imide groups is 1. The van der Waals surface area contributed by atoms with Crippen molar-refractivity contribution < 1.29 is 19.5 Å². The zero-order chi connectivity index (χ0) is 16.3. The number of nitrogens with zero attached hydrogens (tertiary/aromatic N) is 1. The molecule has 22 heavy (non-hydrogen) atoms. The molecule has 0 spiro atoms. The number of hydrazine groups is 1. The van der Waals surface area contributed by atoms with Crippen LogP contribution in [-0.2, 0) is 9.59 Å². The number of carbonyl (C=O) groups excluding carboxylic acids is 3. The van der Waals surface area contributed by atoms with E-state index in [0.717, 1.165) is 5.01 Å². The number of carbonyl (C=O) groups is 3. The van der Waals surface area contributed by atoms with Gasteiger partial charge in [0.2, 0.25) is 0 Å². The fourth-order valence-electron chi connectivity index (χ4n) is 3.33. The van der Waals surface area contributed by atoms with Crippen LogP contribution < -0.4 is 5.43 Å². The largest absolute Gasteiger partial charge is 0.508 e. The van der Waals surface area contributed by atoms with E-state index in [9.17, 15) is 19.5 Å². The van der Waals surface area contributed by atoms with Crippen LogP contribution >= 0.6 is 0 Å². The van der Waals surface area contributed by atoms with Gasteiger partial charge in [0.15, 0.2) is 0 Å². The van der Waals surface area contributed by atoms with Gasteiger partial charge in [-0.2, -0.15) is 5.01 Å². The maximum absolute atomic E-state index is 12.6. The lowest BCUT2D eigenvalue weighted by molar-refractivity contribution is -0.206. The quantitative estimate of drug-likeness (QED) is 0.810. The first-order chi connectivity index (χ1) is 10.2. The van der Waals surface area contributed by atoms with E-state index in [2.05, 4.69) is 5.43 Å². The molecule has 3 amide bonds. The number of phenols is 1. The molecule has 1 aliphatic carbocycles. The zero-order valence-corrected chi connectivity index (χ0v) is 12.7. The Labute approximate surface area is 128 Å². The van der Waals surface area contributed by atoms with Gasteiger partial charge in [-0.25, -0.2) is 0 Å². The molecular formula is C16H18N2O4. The van der Waals surface area contributed by atoms with Gasteiger partial charge in [0.25, 0.3) is 17.7 Å². The number of hydrogen-bond donors (Lipinski definition) is 2. The molecule has 1 aromatic carbocycles. The molecular weight excluding hydrogens is 284 g/mol. The van der Waals surface area contributed by atoms with Crippen molar-refractivity contribution in [3.05, 3.63) is 29.8 Å². The molecule has 116 valence electrons. The van der Waals surface area contributed by atoms with Gasteiger partial charge >= 0.3 is 0 Å². The third-order valence-corrected chi connectivity index (χ3v) is 5.44. The predicted molar refractivity (Wildman–Crippen MR) is 77.4 cm³/mol. The van der Waals surface area contributed by atoms with E-state index in [0.29, 0.717) is 6.42 Å². The monoisotopic (exact) mass is 302 g/mol. The Morgan fingerprint density at radius 3 is 2.36 bits per heavy atom. The molecule has 2 aliphatic heterocycles. The summed E-state index contributed by atoms with van der Waals surface area (Å²) in [6.07, 6.45) is 0.531. The molecule has 2 N–H and O–H groups in total. The lowest BCUT2D eigenvalue weighted by Gasteiger charge is -2.63. The highest BCUT2D eigenvalue weighted by atomic mass is 16.3. The highest BCUT2D eigenvalue weighted by Crippen LogP contribution is 2.64. The number of benzene rings is 1. The molecule has 6 nitrogen and oxygen atoms in total. The van der Waals surface area contributed by atoms with Crippen LogP contribution in [0.4, 0.5) is 0 Å². The van der Waals surface area contributed by atoms with Gasteiger partial charge < -0.3 is 5.11 Å². The Kier molecular flexibility index (Phi) is 2.86. The molecule has 0 unspecified atom stereocenters. The lowest BCUT2D eigenvalue weighted by atomic mass is 9.43. The second kappa shape index (κ2) is 4.32. The second-order valence-electron chi connectivity index (χ2n) is 6.78. The summed E-state index contributed by atoms with van der Waals surface area (Å²) in [5.41, 5.74) is 1.64. The van der Waals surface area contributed by atoms with E-state index in [1.54, 1.807) is 0 Å². The second-order valence-corrected chi connectivity index (χ2v) is 6.78. The number of nitrogens with one attached hydrogen (secondary N) is 1. The van der Waals surface area contributed by atoms with Crippen LogP contribution in [0, 0.1) is 16.7 Å². The van der Waals surface area contributed by atoms with E-state index in [-0.39, 0.29) is 34.5 Å². The summed E-state index contributed by atoms with van der Waals surface area (Å²) in [5.74, 6) is -1.49. The summed E-state index contributed by atoms with van der Waals surface area (Å²) in [7, 11) is 0. The van der Waals surface area contributed by atoms with Crippen LogP contribution in [-0.4, -0.2) is 27.8 Å². The average Bonchev–Trinajstić information content (AvgIpc) is 2.47. The molecule has 2 bridgehead atoms. The number of fused-ring (bicyclic) bond motifs is 2. The summed E-state index contributed by atoms with van der Waals surface area (Å²) in [6, 6.07) is 5.60. The lowest BCUT2D eigenvalue weighted by Crippen LogP contribution is -2.74. The molecule has 0 aromatic heterocycles. The molecule has 2 atom stereocenters. The van der Waals surface area contributed by atoms with Crippen molar-refractivity contribution >= 4 is 17.7 Å². The number of hydrogen-bond acceptors (Lipinski definition) is 4. The Balaban J connectivity index is 1.82. The van der Waals surface area contributed by atoms with Gasteiger partial charge in [-0.3, -0.25) is 19.8 Å². The summed E-state index contributed by atoms with van der Waals surface area (Å²) in [5, 5.41) is 10.1. The molecule has 2 saturated heterocycles. The first-order valence-electron chi connectivity index (χ1n) is 7.17. The maximum Gasteiger partial charge on any atom is 0.270 e. The van der Waals surface area contributed by atoms with Crippen LogP contribution in [0.5, 0.6) is 5.75 Å².